The Morgan fingerprint density at radius 1 is 1.38 bits per heavy atom. The maximum absolute atomic E-state index is 5.30. The van der Waals surface area contributed by atoms with Crippen LogP contribution in [0.2, 0.25) is 0 Å². The first kappa shape index (κ1) is 11.5. The van der Waals surface area contributed by atoms with E-state index in [2.05, 4.69) is 22.7 Å². The third-order valence-electron chi connectivity index (χ3n) is 3.00. The van der Waals surface area contributed by atoms with Gasteiger partial charge in [0.2, 0.25) is 0 Å². The predicted octanol–water partition coefficient (Wildman–Crippen LogP) is 3.01. The van der Waals surface area contributed by atoms with Gasteiger partial charge in [-0.15, -0.1) is 23.7 Å². The van der Waals surface area contributed by atoms with E-state index in [0.717, 1.165) is 12.8 Å². The van der Waals surface area contributed by atoms with Gasteiger partial charge in [0.15, 0.2) is 5.13 Å². The Morgan fingerprint density at radius 2 is 2.12 bits per heavy atom. The van der Waals surface area contributed by atoms with E-state index in [9.17, 15) is 0 Å². The van der Waals surface area contributed by atoms with Crippen molar-refractivity contribution in [2.45, 2.75) is 39.0 Å². The third kappa shape index (κ3) is 2.56. The van der Waals surface area contributed by atoms with E-state index in [4.69, 9.17) is 6.42 Å². The maximum Gasteiger partial charge on any atom is 0.185 e. The normalized spacial score (nSPS) is 16.1. The van der Waals surface area contributed by atoms with Crippen LogP contribution in [0.25, 0.3) is 0 Å². The molecular weight excluding hydrogens is 216 g/mol. The van der Waals surface area contributed by atoms with Crippen molar-refractivity contribution in [3.63, 3.8) is 0 Å². The van der Waals surface area contributed by atoms with E-state index in [1.165, 1.54) is 48.1 Å². The van der Waals surface area contributed by atoms with E-state index >= 15 is 0 Å². The number of nitrogens with zero attached hydrogens (tertiary/aromatic N) is 2. The number of thiazole rings is 1. The van der Waals surface area contributed by atoms with Crippen LogP contribution < -0.4 is 4.90 Å². The summed E-state index contributed by atoms with van der Waals surface area (Å²) in [6.07, 6.45) is 11.1. The van der Waals surface area contributed by atoms with E-state index in [0.29, 0.717) is 0 Å². The second-order valence-corrected chi connectivity index (χ2v) is 5.32. The first-order valence-corrected chi connectivity index (χ1v) is 6.77. The Labute approximate surface area is 102 Å². The summed E-state index contributed by atoms with van der Waals surface area (Å²) >= 11 is 1.83. The molecule has 0 N–H and O–H groups in total. The molecule has 0 aromatic carbocycles. The highest BCUT2D eigenvalue weighted by Gasteiger charge is 2.16. The van der Waals surface area contributed by atoms with Gasteiger partial charge in [-0.25, -0.2) is 4.98 Å². The fourth-order valence-electron chi connectivity index (χ4n) is 2.05. The molecule has 2 nitrogen and oxygen atoms in total. The Balaban J connectivity index is 2.07. The summed E-state index contributed by atoms with van der Waals surface area (Å²) < 4.78 is 0. The lowest BCUT2D eigenvalue weighted by Crippen LogP contribution is -2.29. The molecule has 0 saturated carbocycles. The molecule has 0 amide bonds. The van der Waals surface area contributed by atoms with Crippen molar-refractivity contribution in [1.29, 1.82) is 0 Å². The minimum Gasteiger partial charge on any atom is -0.348 e. The van der Waals surface area contributed by atoms with Gasteiger partial charge in [-0.2, -0.15) is 0 Å². The number of hydrogen-bond donors (Lipinski definition) is 0. The van der Waals surface area contributed by atoms with Crippen molar-refractivity contribution in [2.75, 3.05) is 18.0 Å². The molecule has 1 aromatic heterocycles. The summed E-state index contributed by atoms with van der Waals surface area (Å²) in [5, 5.41) is 1.20. The van der Waals surface area contributed by atoms with Gasteiger partial charge in [-0.05, 0) is 32.6 Å². The van der Waals surface area contributed by atoms with Crippen molar-refractivity contribution in [2.24, 2.45) is 0 Å². The molecule has 2 rings (SSSR count). The summed E-state index contributed by atoms with van der Waals surface area (Å²) in [5.74, 6) is 2.70. The first-order valence-electron chi connectivity index (χ1n) is 5.96. The van der Waals surface area contributed by atoms with Gasteiger partial charge < -0.3 is 4.90 Å². The fraction of sp³-hybridized carbons (Fsp3) is 0.615. The lowest BCUT2D eigenvalue weighted by Gasteiger charge is -2.25. The second kappa shape index (κ2) is 5.36. The molecular formula is C13H18N2S. The third-order valence-corrected chi connectivity index (χ3v) is 4.28. The molecule has 0 spiro atoms. The molecule has 1 fully saturated rings. The van der Waals surface area contributed by atoms with Crippen LogP contribution in [-0.2, 0) is 6.42 Å². The standard InChI is InChI=1S/C13H18N2S/c1-3-4-8-12-11(2)14-13(16-12)15-9-6-5-7-10-15/h1H,4-10H2,2H3. The van der Waals surface area contributed by atoms with E-state index < -0.39 is 0 Å². The zero-order valence-corrected chi connectivity index (χ0v) is 10.6. The zero-order valence-electron chi connectivity index (χ0n) is 9.83. The molecule has 0 bridgehead atoms. The zero-order chi connectivity index (χ0) is 11.4. The highest BCUT2D eigenvalue weighted by Crippen LogP contribution is 2.28. The lowest BCUT2D eigenvalue weighted by molar-refractivity contribution is 0.576. The number of rotatable bonds is 3. The fourth-order valence-corrected chi connectivity index (χ4v) is 3.16. The summed E-state index contributed by atoms with van der Waals surface area (Å²) in [4.78, 5) is 8.44. The molecule has 1 aromatic rings. The average molecular weight is 234 g/mol. The Morgan fingerprint density at radius 3 is 2.81 bits per heavy atom. The number of piperidine rings is 1. The summed E-state index contributed by atoms with van der Waals surface area (Å²) in [7, 11) is 0. The largest absolute Gasteiger partial charge is 0.348 e. The number of hydrogen-bond acceptors (Lipinski definition) is 3. The number of aryl methyl sites for hydroxylation is 2. The molecule has 0 atom stereocenters. The van der Waals surface area contributed by atoms with E-state index in [-0.39, 0.29) is 0 Å². The number of anilines is 1. The van der Waals surface area contributed by atoms with E-state index in [1.807, 2.05) is 11.3 Å². The molecule has 16 heavy (non-hydrogen) atoms. The SMILES string of the molecule is C#CCCc1sc(N2CCCCC2)nc1C. The van der Waals surface area contributed by atoms with Gasteiger partial charge in [0.1, 0.15) is 0 Å². The van der Waals surface area contributed by atoms with E-state index in [1.54, 1.807) is 0 Å². The van der Waals surface area contributed by atoms with Gasteiger partial charge in [-0.1, -0.05) is 0 Å². The topological polar surface area (TPSA) is 16.1 Å². The molecule has 2 heterocycles. The average Bonchev–Trinajstić information content (AvgIpc) is 2.69. The summed E-state index contributed by atoms with van der Waals surface area (Å²) in [5.41, 5.74) is 1.17. The van der Waals surface area contributed by atoms with Crippen molar-refractivity contribution in [1.82, 2.24) is 4.98 Å². The Hall–Kier alpha value is -1.01. The Bertz CT molecular complexity index is 383. The van der Waals surface area contributed by atoms with Crippen molar-refractivity contribution < 1.29 is 0 Å². The van der Waals surface area contributed by atoms with Gasteiger partial charge in [-0.3, -0.25) is 0 Å². The van der Waals surface area contributed by atoms with Crippen LogP contribution in [0.4, 0.5) is 5.13 Å². The maximum atomic E-state index is 5.30. The highest BCUT2D eigenvalue weighted by atomic mass is 32.1. The minimum absolute atomic E-state index is 0.822. The first-order chi connectivity index (χ1) is 7.81. The van der Waals surface area contributed by atoms with Gasteiger partial charge >= 0.3 is 0 Å². The monoisotopic (exact) mass is 234 g/mol. The number of terminal acetylenes is 1. The van der Waals surface area contributed by atoms with Gasteiger partial charge in [0, 0.05) is 24.4 Å². The van der Waals surface area contributed by atoms with Crippen LogP contribution in [0.1, 0.15) is 36.3 Å². The molecule has 86 valence electrons. The molecule has 1 saturated heterocycles. The van der Waals surface area contributed by atoms with Crippen molar-refractivity contribution >= 4 is 16.5 Å². The summed E-state index contributed by atoms with van der Waals surface area (Å²) in [6.45, 7) is 4.43. The lowest BCUT2D eigenvalue weighted by atomic mass is 10.1. The predicted molar refractivity (Wildman–Crippen MR) is 70.1 cm³/mol. The minimum atomic E-state index is 0.822. The van der Waals surface area contributed by atoms with Crippen LogP contribution >= 0.6 is 11.3 Å². The molecule has 0 aliphatic carbocycles. The molecule has 1 aliphatic heterocycles. The quantitative estimate of drug-likeness (QED) is 0.747. The highest BCUT2D eigenvalue weighted by molar-refractivity contribution is 7.15. The van der Waals surface area contributed by atoms with Crippen molar-refractivity contribution in [3.8, 4) is 12.3 Å². The number of aromatic nitrogens is 1. The molecule has 0 unspecified atom stereocenters. The van der Waals surface area contributed by atoms with Crippen LogP contribution in [0.3, 0.4) is 0 Å². The van der Waals surface area contributed by atoms with Crippen LogP contribution in [0, 0.1) is 19.3 Å². The smallest absolute Gasteiger partial charge is 0.185 e. The van der Waals surface area contributed by atoms with Crippen LogP contribution in [0.5, 0.6) is 0 Å². The molecule has 0 radical (unpaired) electrons. The van der Waals surface area contributed by atoms with Gasteiger partial charge in [0.25, 0.3) is 0 Å². The van der Waals surface area contributed by atoms with Crippen molar-refractivity contribution in [3.05, 3.63) is 10.6 Å². The van der Waals surface area contributed by atoms with Crippen LogP contribution in [-0.4, -0.2) is 18.1 Å². The van der Waals surface area contributed by atoms with Crippen LogP contribution in [0.15, 0.2) is 0 Å². The summed E-state index contributed by atoms with van der Waals surface area (Å²) in [6, 6.07) is 0. The molecule has 3 heteroatoms. The van der Waals surface area contributed by atoms with Gasteiger partial charge in [0.05, 0.1) is 5.69 Å². The second-order valence-electron chi connectivity index (χ2n) is 4.26. The Kier molecular flexibility index (Phi) is 3.84. The molecule has 1 aliphatic rings.